The summed E-state index contributed by atoms with van der Waals surface area (Å²) in [7, 11) is 1.69. The third-order valence-corrected chi connectivity index (χ3v) is 6.91. The van der Waals surface area contributed by atoms with Gasteiger partial charge in [-0.05, 0) is 71.0 Å². The zero-order valence-electron chi connectivity index (χ0n) is 19.9. The lowest BCUT2D eigenvalue weighted by Crippen LogP contribution is -2.55. The molecule has 2 fully saturated rings. The van der Waals surface area contributed by atoms with Crippen molar-refractivity contribution in [3.05, 3.63) is 30.0 Å². The maximum atomic E-state index is 6.60. The summed E-state index contributed by atoms with van der Waals surface area (Å²) in [6.45, 7) is 6.66. The predicted octanol–water partition coefficient (Wildman–Crippen LogP) is 4.32. The molecule has 0 bridgehead atoms. The molecule has 1 saturated carbocycles. The second-order valence-electron chi connectivity index (χ2n) is 9.54. The lowest BCUT2D eigenvalue weighted by atomic mass is 9.91. The Kier molecular flexibility index (Phi) is 7.87. The fraction of sp³-hybridized carbons (Fsp3) is 0.654. The fourth-order valence-corrected chi connectivity index (χ4v) is 5.22. The van der Waals surface area contributed by atoms with Crippen LogP contribution in [0, 0.1) is 0 Å². The van der Waals surface area contributed by atoms with Gasteiger partial charge >= 0.3 is 0 Å². The van der Waals surface area contributed by atoms with E-state index in [0.717, 1.165) is 66.7 Å². The Balaban J connectivity index is 1.68. The standard InChI is InChI=1S/C26H39N3O3/c1-18(2)29-13-7-11-22(27)23(29)16-19-17-25(31-15-14-30-3)21-10-6-12-24(26(21)28-19)32-20-8-4-5-9-20/h6,10,12,17-18,20,22-23H,4-5,7-9,11,13-16,27H2,1-3H3/t22?,23-/m1/s1. The minimum absolute atomic E-state index is 0.159. The molecule has 6 nitrogen and oxygen atoms in total. The molecule has 176 valence electrons. The molecular formula is C26H39N3O3. The van der Waals surface area contributed by atoms with Crippen LogP contribution in [-0.2, 0) is 11.2 Å². The summed E-state index contributed by atoms with van der Waals surface area (Å²) in [5.74, 6) is 1.71. The Labute approximate surface area is 192 Å². The molecule has 32 heavy (non-hydrogen) atoms. The van der Waals surface area contributed by atoms with E-state index in [1.54, 1.807) is 7.11 Å². The van der Waals surface area contributed by atoms with Crippen molar-refractivity contribution in [1.82, 2.24) is 9.88 Å². The first-order valence-electron chi connectivity index (χ1n) is 12.3. The number of ether oxygens (including phenoxy) is 3. The summed E-state index contributed by atoms with van der Waals surface area (Å²) in [6.07, 6.45) is 8.04. The fourth-order valence-electron chi connectivity index (χ4n) is 5.22. The van der Waals surface area contributed by atoms with Crippen LogP contribution in [-0.4, -0.2) is 61.0 Å². The van der Waals surface area contributed by atoms with Gasteiger partial charge in [0, 0.05) is 48.8 Å². The maximum absolute atomic E-state index is 6.60. The second-order valence-corrected chi connectivity index (χ2v) is 9.54. The van der Waals surface area contributed by atoms with E-state index in [1.807, 2.05) is 12.1 Å². The van der Waals surface area contributed by atoms with Crippen LogP contribution in [0.4, 0.5) is 0 Å². The van der Waals surface area contributed by atoms with Crippen LogP contribution in [0.25, 0.3) is 10.9 Å². The number of aromatic nitrogens is 1. The predicted molar refractivity (Wildman–Crippen MR) is 129 cm³/mol. The maximum Gasteiger partial charge on any atom is 0.146 e. The van der Waals surface area contributed by atoms with Crippen molar-refractivity contribution in [2.45, 2.75) is 83.0 Å². The van der Waals surface area contributed by atoms with Crippen molar-refractivity contribution in [3.8, 4) is 11.5 Å². The summed E-state index contributed by atoms with van der Waals surface area (Å²) in [4.78, 5) is 7.64. The van der Waals surface area contributed by atoms with Crippen LogP contribution in [0.15, 0.2) is 24.3 Å². The molecule has 0 radical (unpaired) electrons. The van der Waals surface area contributed by atoms with Crippen LogP contribution < -0.4 is 15.2 Å². The van der Waals surface area contributed by atoms with E-state index < -0.39 is 0 Å². The normalized spacial score (nSPS) is 22.7. The molecule has 1 aliphatic heterocycles. The van der Waals surface area contributed by atoms with E-state index in [9.17, 15) is 0 Å². The quantitative estimate of drug-likeness (QED) is 0.584. The van der Waals surface area contributed by atoms with Crippen molar-refractivity contribution in [2.75, 3.05) is 26.9 Å². The molecular weight excluding hydrogens is 402 g/mol. The number of nitrogens with two attached hydrogens (primary N) is 1. The van der Waals surface area contributed by atoms with E-state index in [4.69, 9.17) is 24.9 Å². The van der Waals surface area contributed by atoms with E-state index in [0.29, 0.717) is 19.3 Å². The first-order chi connectivity index (χ1) is 15.6. The Bertz CT molecular complexity index is 882. The third-order valence-electron chi connectivity index (χ3n) is 6.91. The lowest BCUT2D eigenvalue weighted by molar-refractivity contribution is 0.0939. The van der Waals surface area contributed by atoms with Gasteiger partial charge in [0.2, 0.25) is 0 Å². The van der Waals surface area contributed by atoms with Gasteiger partial charge in [-0.25, -0.2) is 4.98 Å². The number of nitrogens with zero attached hydrogens (tertiary/aromatic N) is 2. The Morgan fingerprint density at radius 3 is 2.66 bits per heavy atom. The van der Waals surface area contributed by atoms with Crippen LogP contribution in [0.5, 0.6) is 11.5 Å². The van der Waals surface area contributed by atoms with Gasteiger partial charge in [-0.15, -0.1) is 0 Å². The molecule has 0 spiro atoms. The number of fused-ring (bicyclic) bond motifs is 1. The molecule has 2 atom stereocenters. The van der Waals surface area contributed by atoms with E-state index in [-0.39, 0.29) is 18.2 Å². The molecule has 1 saturated heterocycles. The number of hydrogen-bond acceptors (Lipinski definition) is 6. The minimum Gasteiger partial charge on any atom is -0.490 e. The molecule has 1 aromatic carbocycles. The highest BCUT2D eigenvalue weighted by atomic mass is 16.5. The number of piperidine rings is 1. The average molecular weight is 442 g/mol. The number of likely N-dealkylation sites (tertiary alicyclic amines) is 1. The van der Waals surface area contributed by atoms with Gasteiger partial charge in [0.25, 0.3) is 0 Å². The van der Waals surface area contributed by atoms with Gasteiger partial charge in [-0.1, -0.05) is 6.07 Å². The van der Waals surface area contributed by atoms with E-state index >= 15 is 0 Å². The summed E-state index contributed by atoms with van der Waals surface area (Å²) in [5.41, 5.74) is 8.51. The SMILES string of the molecule is COCCOc1cc(C[C@@H]2C(N)CCCN2C(C)C)nc2c(OC3CCCC3)cccc12. The van der Waals surface area contributed by atoms with Gasteiger partial charge in [0.15, 0.2) is 0 Å². The number of pyridine rings is 1. The van der Waals surface area contributed by atoms with E-state index in [1.165, 1.54) is 12.8 Å². The highest BCUT2D eigenvalue weighted by molar-refractivity contribution is 5.90. The Morgan fingerprint density at radius 2 is 1.91 bits per heavy atom. The Hall–Kier alpha value is -1.89. The zero-order chi connectivity index (χ0) is 22.5. The van der Waals surface area contributed by atoms with Crippen LogP contribution in [0.3, 0.4) is 0 Å². The molecule has 0 amide bonds. The summed E-state index contributed by atoms with van der Waals surface area (Å²) >= 11 is 0. The number of benzene rings is 1. The number of methoxy groups -OCH3 is 1. The van der Waals surface area contributed by atoms with Gasteiger partial charge in [0.05, 0.1) is 12.7 Å². The van der Waals surface area contributed by atoms with Gasteiger partial charge in [-0.3, -0.25) is 4.90 Å². The van der Waals surface area contributed by atoms with Gasteiger partial charge in [0.1, 0.15) is 23.6 Å². The summed E-state index contributed by atoms with van der Waals surface area (Å²) in [5, 5.41) is 0.994. The molecule has 1 aliphatic carbocycles. The first kappa shape index (κ1) is 23.3. The van der Waals surface area contributed by atoms with Crippen molar-refractivity contribution < 1.29 is 14.2 Å². The topological polar surface area (TPSA) is 69.8 Å². The van der Waals surface area contributed by atoms with Crippen LogP contribution in [0.1, 0.15) is 58.1 Å². The number of hydrogen-bond donors (Lipinski definition) is 1. The zero-order valence-corrected chi connectivity index (χ0v) is 19.9. The monoisotopic (exact) mass is 441 g/mol. The second kappa shape index (κ2) is 10.8. The number of para-hydroxylation sites is 1. The summed E-state index contributed by atoms with van der Waals surface area (Å²) in [6, 6.07) is 9.15. The molecule has 2 heterocycles. The van der Waals surface area contributed by atoms with Gasteiger partial charge in [-0.2, -0.15) is 0 Å². The van der Waals surface area contributed by atoms with Crippen LogP contribution >= 0.6 is 0 Å². The van der Waals surface area contributed by atoms with Crippen molar-refractivity contribution in [1.29, 1.82) is 0 Å². The highest BCUT2D eigenvalue weighted by Gasteiger charge is 2.31. The van der Waals surface area contributed by atoms with Crippen molar-refractivity contribution in [3.63, 3.8) is 0 Å². The molecule has 1 unspecified atom stereocenters. The lowest BCUT2D eigenvalue weighted by Gasteiger charge is -2.42. The highest BCUT2D eigenvalue weighted by Crippen LogP contribution is 2.35. The van der Waals surface area contributed by atoms with Crippen molar-refractivity contribution >= 4 is 10.9 Å². The first-order valence-corrected chi connectivity index (χ1v) is 12.3. The minimum atomic E-state index is 0.159. The molecule has 4 rings (SSSR count). The third kappa shape index (κ3) is 5.36. The van der Waals surface area contributed by atoms with Crippen LogP contribution in [0.2, 0.25) is 0 Å². The molecule has 6 heteroatoms. The average Bonchev–Trinajstić information content (AvgIpc) is 3.29. The van der Waals surface area contributed by atoms with Gasteiger partial charge < -0.3 is 19.9 Å². The van der Waals surface area contributed by atoms with E-state index in [2.05, 4.69) is 30.9 Å². The molecule has 2 N–H and O–H groups in total. The summed E-state index contributed by atoms with van der Waals surface area (Å²) < 4.78 is 17.8. The molecule has 2 aliphatic rings. The smallest absolute Gasteiger partial charge is 0.146 e. The largest absolute Gasteiger partial charge is 0.490 e. The Morgan fingerprint density at radius 1 is 1.09 bits per heavy atom. The molecule has 1 aromatic heterocycles. The number of rotatable bonds is 9. The van der Waals surface area contributed by atoms with Crippen molar-refractivity contribution in [2.24, 2.45) is 5.73 Å². The molecule has 2 aromatic rings.